The van der Waals surface area contributed by atoms with Crippen molar-refractivity contribution in [2.75, 3.05) is 18.5 Å². The molecule has 7 nitrogen and oxygen atoms in total. The number of nitrogens with one attached hydrogen (secondary N) is 1. The second kappa shape index (κ2) is 8.01. The van der Waals surface area contributed by atoms with Gasteiger partial charge in [-0.25, -0.2) is 4.98 Å². The van der Waals surface area contributed by atoms with E-state index in [-0.39, 0.29) is 23.4 Å². The minimum Gasteiger partial charge on any atom is -0.423 e. The molecule has 2 aromatic carbocycles. The summed E-state index contributed by atoms with van der Waals surface area (Å²) in [4.78, 5) is 9.11. The fraction of sp³-hybridized carbons (Fsp3) is 0.364. The second-order valence-corrected chi connectivity index (χ2v) is 7.65. The Kier molecular flexibility index (Phi) is 5.16. The van der Waals surface area contributed by atoms with Crippen LogP contribution in [0.15, 0.2) is 40.8 Å². The molecule has 10 heteroatoms. The molecule has 4 aromatic rings. The highest BCUT2D eigenvalue weighted by molar-refractivity contribution is 5.81. The molecule has 2 aromatic heterocycles. The van der Waals surface area contributed by atoms with Crippen LogP contribution in [0, 0.1) is 0 Å². The lowest BCUT2D eigenvalue weighted by Gasteiger charge is -2.25. The number of nitrogens with zero attached hydrogens (tertiary/aromatic N) is 3. The number of hydrogen-bond donors (Lipinski definition) is 1. The number of oxazole rings is 1. The number of aryl methyl sites for hydroxylation is 1. The van der Waals surface area contributed by atoms with Crippen LogP contribution in [-0.4, -0.2) is 34.1 Å². The summed E-state index contributed by atoms with van der Waals surface area (Å²) in [5, 5.41) is 3.12. The number of aromatic nitrogens is 3. The summed E-state index contributed by atoms with van der Waals surface area (Å²) in [5.74, 6) is 0.202. The van der Waals surface area contributed by atoms with Crippen LogP contribution in [0.3, 0.4) is 0 Å². The van der Waals surface area contributed by atoms with Crippen LogP contribution in [0.5, 0.6) is 5.75 Å². The zero-order valence-electron chi connectivity index (χ0n) is 17.3. The Morgan fingerprint density at radius 2 is 1.91 bits per heavy atom. The molecular weight excluding hydrogens is 425 g/mol. The van der Waals surface area contributed by atoms with Gasteiger partial charge in [-0.05, 0) is 49.1 Å². The van der Waals surface area contributed by atoms with Crippen LogP contribution in [0.25, 0.3) is 22.1 Å². The van der Waals surface area contributed by atoms with Crippen LogP contribution < -0.4 is 10.1 Å². The van der Waals surface area contributed by atoms with Gasteiger partial charge in [-0.15, -0.1) is 13.2 Å². The third kappa shape index (κ3) is 4.10. The molecule has 0 saturated carbocycles. The van der Waals surface area contributed by atoms with E-state index in [0.717, 1.165) is 36.4 Å². The lowest BCUT2D eigenvalue weighted by atomic mass is 10.1. The summed E-state index contributed by atoms with van der Waals surface area (Å²) in [6.07, 6.45) is -2.18. The highest BCUT2D eigenvalue weighted by Crippen LogP contribution is 2.33. The first-order valence-electron chi connectivity index (χ1n) is 10.4. The van der Waals surface area contributed by atoms with Crippen molar-refractivity contribution in [1.82, 2.24) is 14.5 Å². The molecule has 5 rings (SSSR count). The highest BCUT2D eigenvalue weighted by Gasteiger charge is 2.31. The molecule has 1 aliphatic rings. The Morgan fingerprint density at radius 1 is 1.09 bits per heavy atom. The molecule has 0 aliphatic carbocycles. The van der Waals surface area contributed by atoms with Crippen molar-refractivity contribution in [3.8, 4) is 5.75 Å². The fourth-order valence-corrected chi connectivity index (χ4v) is 4.02. The standard InChI is InChI=1S/C22H21F3N4O3/c1-2-13-3-6-18-17(11-13)26-20(29(18)14-7-9-30-10-8-14)28-21-27-16-5-4-15(12-19(16)31-21)32-22(23,24)25/h3-6,11-12,14H,2,7-10H2,1H3,(H,26,27,28). The first kappa shape index (κ1) is 20.6. The molecule has 0 amide bonds. The molecule has 3 heterocycles. The van der Waals surface area contributed by atoms with E-state index < -0.39 is 6.36 Å². The first-order valence-corrected chi connectivity index (χ1v) is 10.4. The van der Waals surface area contributed by atoms with Crippen LogP contribution in [0.2, 0.25) is 0 Å². The molecule has 0 bridgehead atoms. The smallest absolute Gasteiger partial charge is 0.423 e. The third-order valence-corrected chi connectivity index (χ3v) is 5.53. The Balaban J connectivity index is 1.51. The van der Waals surface area contributed by atoms with Crippen molar-refractivity contribution in [1.29, 1.82) is 0 Å². The van der Waals surface area contributed by atoms with Gasteiger partial charge in [0.15, 0.2) is 5.58 Å². The Hall–Kier alpha value is -3.27. The van der Waals surface area contributed by atoms with E-state index in [1.807, 2.05) is 0 Å². The Bertz CT molecular complexity index is 1260. The molecule has 1 aliphatic heterocycles. The molecule has 0 spiro atoms. The van der Waals surface area contributed by atoms with Gasteiger partial charge in [0.05, 0.1) is 11.0 Å². The van der Waals surface area contributed by atoms with Gasteiger partial charge in [0.1, 0.15) is 11.3 Å². The number of ether oxygens (including phenoxy) is 2. The molecule has 0 atom stereocenters. The van der Waals surface area contributed by atoms with Gasteiger partial charge in [0, 0.05) is 25.3 Å². The zero-order valence-corrected chi connectivity index (χ0v) is 17.3. The summed E-state index contributed by atoms with van der Waals surface area (Å²) in [6.45, 7) is 3.42. The number of hydrogen-bond acceptors (Lipinski definition) is 6. The maximum absolute atomic E-state index is 12.5. The fourth-order valence-electron chi connectivity index (χ4n) is 4.02. The van der Waals surface area contributed by atoms with E-state index in [1.165, 1.54) is 17.7 Å². The average molecular weight is 446 g/mol. The minimum absolute atomic E-state index is 0.142. The van der Waals surface area contributed by atoms with E-state index in [9.17, 15) is 13.2 Å². The van der Waals surface area contributed by atoms with Gasteiger partial charge in [0.2, 0.25) is 5.95 Å². The van der Waals surface area contributed by atoms with E-state index in [0.29, 0.717) is 24.7 Å². The molecule has 1 N–H and O–H groups in total. The summed E-state index contributed by atoms with van der Waals surface area (Å²) < 4.78 is 54.8. The van der Waals surface area contributed by atoms with Crippen molar-refractivity contribution >= 4 is 34.1 Å². The number of alkyl halides is 3. The molecule has 32 heavy (non-hydrogen) atoms. The molecule has 0 unspecified atom stereocenters. The topological polar surface area (TPSA) is 74.3 Å². The summed E-state index contributed by atoms with van der Waals surface area (Å²) >= 11 is 0. The Labute approximate surface area is 181 Å². The zero-order chi connectivity index (χ0) is 22.3. The van der Waals surface area contributed by atoms with Crippen molar-refractivity contribution < 1.29 is 27.1 Å². The van der Waals surface area contributed by atoms with Crippen molar-refractivity contribution in [2.45, 2.75) is 38.6 Å². The van der Waals surface area contributed by atoms with Crippen molar-refractivity contribution in [3.05, 3.63) is 42.0 Å². The van der Waals surface area contributed by atoms with Crippen molar-refractivity contribution in [3.63, 3.8) is 0 Å². The van der Waals surface area contributed by atoms with Gasteiger partial charge in [-0.1, -0.05) is 13.0 Å². The molecule has 0 radical (unpaired) electrons. The number of anilines is 2. The number of fused-ring (bicyclic) bond motifs is 2. The van der Waals surface area contributed by atoms with E-state index in [4.69, 9.17) is 14.1 Å². The van der Waals surface area contributed by atoms with Gasteiger partial charge in [-0.3, -0.25) is 5.32 Å². The third-order valence-electron chi connectivity index (χ3n) is 5.53. The summed E-state index contributed by atoms with van der Waals surface area (Å²) in [5.41, 5.74) is 3.61. The SMILES string of the molecule is CCc1ccc2c(c1)nc(Nc1nc3ccc(OC(F)(F)F)cc3o1)n2C1CCOCC1. The van der Waals surface area contributed by atoms with Gasteiger partial charge < -0.3 is 18.5 Å². The molecule has 1 saturated heterocycles. The molecular formula is C22H21F3N4O3. The molecule has 1 fully saturated rings. The predicted molar refractivity (Wildman–Crippen MR) is 112 cm³/mol. The predicted octanol–water partition coefficient (Wildman–Crippen LogP) is 5.73. The van der Waals surface area contributed by atoms with E-state index >= 15 is 0 Å². The van der Waals surface area contributed by atoms with Crippen LogP contribution in [0.1, 0.15) is 31.4 Å². The lowest BCUT2D eigenvalue weighted by Crippen LogP contribution is -2.20. The summed E-state index contributed by atoms with van der Waals surface area (Å²) in [7, 11) is 0. The van der Waals surface area contributed by atoms with Gasteiger partial charge >= 0.3 is 12.4 Å². The number of halogens is 3. The van der Waals surface area contributed by atoms with Gasteiger partial charge in [0.25, 0.3) is 0 Å². The maximum atomic E-state index is 12.5. The number of imidazole rings is 1. The normalized spacial score (nSPS) is 15.5. The van der Waals surface area contributed by atoms with Crippen LogP contribution >= 0.6 is 0 Å². The van der Waals surface area contributed by atoms with E-state index in [2.05, 4.69) is 44.7 Å². The minimum atomic E-state index is -4.78. The average Bonchev–Trinajstić information content (AvgIpc) is 3.32. The first-order chi connectivity index (χ1) is 15.4. The number of benzene rings is 2. The Morgan fingerprint density at radius 3 is 2.66 bits per heavy atom. The maximum Gasteiger partial charge on any atom is 0.573 e. The van der Waals surface area contributed by atoms with Crippen LogP contribution in [0.4, 0.5) is 25.1 Å². The lowest BCUT2D eigenvalue weighted by molar-refractivity contribution is -0.274. The highest BCUT2D eigenvalue weighted by atomic mass is 19.4. The molecule has 168 valence electrons. The second-order valence-electron chi connectivity index (χ2n) is 7.65. The van der Waals surface area contributed by atoms with Crippen LogP contribution in [-0.2, 0) is 11.2 Å². The monoisotopic (exact) mass is 446 g/mol. The summed E-state index contributed by atoms with van der Waals surface area (Å²) in [6, 6.07) is 10.3. The number of rotatable bonds is 5. The quantitative estimate of drug-likeness (QED) is 0.422. The van der Waals surface area contributed by atoms with Gasteiger partial charge in [-0.2, -0.15) is 4.98 Å². The largest absolute Gasteiger partial charge is 0.573 e. The van der Waals surface area contributed by atoms with Crippen molar-refractivity contribution in [2.24, 2.45) is 0 Å². The van der Waals surface area contributed by atoms with E-state index in [1.54, 1.807) is 0 Å².